The van der Waals surface area contributed by atoms with E-state index < -0.39 is 0 Å². The monoisotopic (exact) mass is 320 g/mol. The average molecular weight is 320 g/mol. The van der Waals surface area contributed by atoms with Crippen LogP contribution in [-0.2, 0) is 6.42 Å². The molecule has 0 saturated carbocycles. The predicted molar refractivity (Wildman–Crippen MR) is 91.4 cm³/mol. The SMILES string of the molecule is O=C(Nc1cccnc1)c1ccc2[nH]c3c(c2c1)CCNCC3=O. The summed E-state index contributed by atoms with van der Waals surface area (Å²) in [5.41, 5.74) is 3.72. The molecule has 6 nitrogen and oxygen atoms in total. The van der Waals surface area contributed by atoms with Crippen LogP contribution in [0.2, 0.25) is 0 Å². The Morgan fingerprint density at radius 3 is 3.00 bits per heavy atom. The molecule has 1 aliphatic rings. The van der Waals surface area contributed by atoms with Crippen molar-refractivity contribution in [1.29, 1.82) is 0 Å². The number of amides is 1. The van der Waals surface area contributed by atoms with E-state index in [1.807, 2.05) is 12.1 Å². The lowest BCUT2D eigenvalue weighted by atomic mass is 10.0. The number of nitrogens with zero attached hydrogens (tertiary/aromatic N) is 1. The lowest BCUT2D eigenvalue weighted by Gasteiger charge is -2.05. The number of aromatic nitrogens is 2. The Morgan fingerprint density at radius 1 is 1.25 bits per heavy atom. The van der Waals surface area contributed by atoms with Crippen molar-refractivity contribution in [1.82, 2.24) is 15.3 Å². The summed E-state index contributed by atoms with van der Waals surface area (Å²) < 4.78 is 0. The second-order valence-electron chi connectivity index (χ2n) is 5.78. The Kier molecular flexibility index (Phi) is 3.59. The van der Waals surface area contributed by atoms with Crippen LogP contribution in [0.1, 0.15) is 26.4 Å². The number of benzene rings is 1. The Bertz CT molecular complexity index is 931. The molecule has 6 heteroatoms. The molecule has 0 radical (unpaired) electrons. The molecule has 0 unspecified atom stereocenters. The van der Waals surface area contributed by atoms with Crippen LogP contribution >= 0.6 is 0 Å². The number of anilines is 1. The van der Waals surface area contributed by atoms with Crippen LogP contribution in [0, 0.1) is 0 Å². The van der Waals surface area contributed by atoms with Crippen LogP contribution < -0.4 is 10.6 Å². The summed E-state index contributed by atoms with van der Waals surface area (Å²) in [4.78, 5) is 31.8. The van der Waals surface area contributed by atoms with E-state index in [1.54, 1.807) is 30.6 Å². The average Bonchev–Trinajstić information content (AvgIpc) is 2.87. The Labute approximate surface area is 138 Å². The molecule has 3 heterocycles. The number of hydrogen-bond acceptors (Lipinski definition) is 4. The van der Waals surface area contributed by atoms with Gasteiger partial charge in [-0.3, -0.25) is 14.6 Å². The first-order valence-electron chi connectivity index (χ1n) is 7.82. The van der Waals surface area contributed by atoms with E-state index in [9.17, 15) is 9.59 Å². The standard InChI is InChI=1S/C18H16N4O2/c23-16-10-20-7-5-13-14-8-11(3-4-15(14)22-17(13)16)18(24)21-12-2-1-6-19-9-12/h1-4,6,8-9,20,22H,5,7,10H2,(H,21,24). The zero-order chi connectivity index (χ0) is 16.5. The molecule has 120 valence electrons. The number of carbonyl (C=O) groups excluding carboxylic acids is 2. The number of aromatic amines is 1. The second kappa shape index (κ2) is 5.90. The van der Waals surface area contributed by atoms with Crippen molar-refractivity contribution in [3.05, 3.63) is 59.5 Å². The van der Waals surface area contributed by atoms with Crippen LogP contribution in [0.25, 0.3) is 10.9 Å². The Hall–Kier alpha value is -2.99. The van der Waals surface area contributed by atoms with Gasteiger partial charge in [0.1, 0.15) is 0 Å². The van der Waals surface area contributed by atoms with Crippen molar-refractivity contribution in [2.75, 3.05) is 18.4 Å². The molecule has 0 bridgehead atoms. The van der Waals surface area contributed by atoms with Gasteiger partial charge in [-0.05, 0) is 48.9 Å². The molecule has 0 fully saturated rings. The largest absolute Gasteiger partial charge is 0.352 e. The maximum absolute atomic E-state index is 12.5. The number of carbonyl (C=O) groups is 2. The Balaban J connectivity index is 1.71. The van der Waals surface area contributed by atoms with Crippen LogP contribution in [0.3, 0.4) is 0 Å². The quantitative estimate of drug-likeness (QED) is 0.675. The molecule has 2 aromatic heterocycles. The van der Waals surface area contributed by atoms with Crippen LogP contribution in [0.5, 0.6) is 0 Å². The minimum atomic E-state index is -0.196. The first kappa shape index (κ1) is 14.6. The molecule has 4 rings (SSSR count). The summed E-state index contributed by atoms with van der Waals surface area (Å²) >= 11 is 0. The fourth-order valence-corrected chi connectivity index (χ4v) is 3.03. The summed E-state index contributed by atoms with van der Waals surface area (Å²) in [5, 5.41) is 6.87. The van der Waals surface area contributed by atoms with Crippen molar-refractivity contribution < 1.29 is 9.59 Å². The second-order valence-corrected chi connectivity index (χ2v) is 5.78. The highest BCUT2D eigenvalue weighted by molar-refractivity contribution is 6.08. The first-order chi connectivity index (χ1) is 11.7. The number of rotatable bonds is 2. The molecule has 3 N–H and O–H groups in total. The van der Waals surface area contributed by atoms with Gasteiger partial charge in [0.15, 0.2) is 5.78 Å². The van der Waals surface area contributed by atoms with Gasteiger partial charge in [0.25, 0.3) is 5.91 Å². The maximum Gasteiger partial charge on any atom is 0.255 e. The Morgan fingerprint density at radius 2 is 2.17 bits per heavy atom. The number of hydrogen-bond donors (Lipinski definition) is 3. The number of ketones is 1. The summed E-state index contributed by atoms with van der Waals surface area (Å²) in [6.07, 6.45) is 4.01. The van der Waals surface area contributed by atoms with Gasteiger partial charge >= 0.3 is 0 Å². The minimum Gasteiger partial charge on any atom is -0.352 e. The van der Waals surface area contributed by atoms with Crippen molar-refractivity contribution >= 4 is 28.3 Å². The molecule has 24 heavy (non-hydrogen) atoms. The van der Waals surface area contributed by atoms with E-state index in [0.29, 0.717) is 23.5 Å². The number of pyridine rings is 1. The fraction of sp³-hybridized carbons (Fsp3) is 0.167. The van der Waals surface area contributed by atoms with E-state index in [4.69, 9.17) is 0 Å². The smallest absolute Gasteiger partial charge is 0.255 e. The number of nitrogens with one attached hydrogen (secondary N) is 3. The van der Waals surface area contributed by atoms with E-state index in [-0.39, 0.29) is 11.7 Å². The van der Waals surface area contributed by atoms with Crippen molar-refractivity contribution in [3.63, 3.8) is 0 Å². The number of Topliss-reactive ketones (excluding diaryl/α,β-unsaturated/α-hetero) is 1. The molecular formula is C18H16N4O2. The van der Waals surface area contributed by atoms with Gasteiger partial charge in [-0.2, -0.15) is 0 Å². The van der Waals surface area contributed by atoms with Gasteiger partial charge < -0.3 is 15.6 Å². The third-order valence-electron chi connectivity index (χ3n) is 4.20. The summed E-state index contributed by atoms with van der Waals surface area (Å²) in [7, 11) is 0. The van der Waals surface area contributed by atoms with E-state index in [0.717, 1.165) is 29.4 Å². The number of H-pyrrole nitrogens is 1. The zero-order valence-corrected chi connectivity index (χ0v) is 12.9. The summed E-state index contributed by atoms with van der Waals surface area (Å²) in [5.74, 6) is -0.141. The van der Waals surface area contributed by atoms with Gasteiger partial charge in [-0.25, -0.2) is 0 Å². The highest BCUT2D eigenvalue weighted by Gasteiger charge is 2.21. The first-order valence-corrected chi connectivity index (χ1v) is 7.82. The van der Waals surface area contributed by atoms with Crippen molar-refractivity contribution in [2.24, 2.45) is 0 Å². The number of fused-ring (bicyclic) bond motifs is 3. The third-order valence-corrected chi connectivity index (χ3v) is 4.20. The lowest BCUT2D eigenvalue weighted by Crippen LogP contribution is -2.21. The highest BCUT2D eigenvalue weighted by Crippen LogP contribution is 2.26. The van der Waals surface area contributed by atoms with Crippen molar-refractivity contribution in [3.8, 4) is 0 Å². The molecular weight excluding hydrogens is 304 g/mol. The molecule has 1 aliphatic heterocycles. The normalized spacial score (nSPS) is 14.2. The van der Waals surface area contributed by atoms with Crippen molar-refractivity contribution in [2.45, 2.75) is 6.42 Å². The van der Waals surface area contributed by atoms with E-state index in [1.165, 1.54) is 0 Å². The molecule has 1 aromatic carbocycles. The topological polar surface area (TPSA) is 86.9 Å². The van der Waals surface area contributed by atoms with Gasteiger partial charge in [0, 0.05) is 22.7 Å². The summed E-state index contributed by atoms with van der Waals surface area (Å²) in [6, 6.07) is 9.00. The van der Waals surface area contributed by atoms with Gasteiger partial charge in [0.05, 0.1) is 24.1 Å². The maximum atomic E-state index is 12.5. The van der Waals surface area contributed by atoms with Crippen LogP contribution in [0.15, 0.2) is 42.7 Å². The lowest BCUT2D eigenvalue weighted by molar-refractivity contribution is 0.0988. The van der Waals surface area contributed by atoms with E-state index >= 15 is 0 Å². The third kappa shape index (κ3) is 2.57. The fourth-order valence-electron chi connectivity index (χ4n) is 3.03. The molecule has 0 spiro atoms. The molecule has 0 atom stereocenters. The molecule has 0 saturated heterocycles. The molecule has 3 aromatic rings. The van der Waals surface area contributed by atoms with Gasteiger partial charge in [-0.1, -0.05) is 0 Å². The highest BCUT2D eigenvalue weighted by atomic mass is 16.1. The predicted octanol–water partition coefficient (Wildman–Crippen LogP) is 2.14. The summed E-state index contributed by atoms with van der Waals surface area (Å²) in [6.45, 7) is 1.09. The van der Waals surface area contributed by atoms with E-state index in [2.05, 4.69) is 20.6 Å². The molecule has 0 aliphatic carbocycles. The minimum absolute atomic E-state index is 0.0556. The zero-order valence-electron chi connectivity index (χ0n) is 12.9. The van der Waals surface area contributed by atoms with Gasteiger partial charge in [-0.15, -0.1) is 0 Å². The van der Waals surface area contributed by atoms with Crippen LogP contribution in [-0.4, -0.2) is 34.7 Å². The molecule has 1 amide bonds. The van der Waals surface area contributed by atoms with Gasteiger partial charge in [0.2, 0.25) is 0 Å². The van der Waals surface area contributed by atoms with Crippen LogP contribution in [0.4, 0.5) is 5.69 Å².